The average molecular weight is 292 g/mol. The van der Waals surface area contributed by atoms with Crippen LogP contribution >= 0.6 is 8.20 Å². The number of hydrogen-bond donors (Lipinski definition) is 0. The van der Waals surface area contributed by atoms with Crippen molar-refractivity contribution >= 4 is 13.5 Å². The molecule has 0 bridgehead atoms. The van der Waals surface area contributed by atoms with E-state index < -0.39 is 0 Å². The maximum absolute atomic E-state index is 2.63. The van der Waals surface area contributed by atoms with Crippen LogP contribution in [0.1, 0.15) is 32.6 Å². The summed E-state index contributed by atoms with van der Waals surface area (Å²) in [6.45, 7) is 8.52. The van der Waals surface area contributed by atoms with Gasteiger partial charge in [-0.15, -0.1) is 0 Å². The summed E-state index contributed by atoms with van der Waals surface area (Å²) in [5.74, 6) is 0. The molecule has 3 heteroatoms. The minimum atomic E-state index is 1.20. The zero-order chi connectivity index (χ0) is 14.2. The molecule has 20 heavy (non-hydrogen) atoms. The van der Waals surface area contributed by atoms with Crippen LogP contribution in [0.25, 0.3) is 0 Å². The van der Waals surface area contributed by atoms with Crippen molar-refractivity contribution in [3.63, 3.8) is 0 Å². The molecule has 1 fully saturated rings. The summed E-state index contributed by atoms with van der Waals surface area (Å²) in [4.78, 5) is 5.06. The van der Waals surface area contributed by atoms with Gasteiger partial charge in [0.05, 0.1) is 0 Å². The molecule has 0 radical (unpaired) electrons. The SMILES string of the molecule is CC1=CCP=C(CCCCCN2CCN(C)CC2)C=C1. The van der Waals surface area contributed by atoms with Crippen LogP contribution in [0, 0.1) is 0 Å². The Balaban J connectivity index is 1.54. The van der Waals surface area contributed by atoms with Crippen LogP contribution in [0.4, 0.5) is 0 Å². The first-order chi connectivity index (χ1) is 9.74. The van der Waals surface area contributed by atoms with Gasteiger partial charge in [-0.05, 0) is 45.1 Å². The Labute approximate surface area is 126 Å². The van der Waals surface area contributed by atoms with Gasteiger partial charge in [0.15, 0.2) is 0 Å². The highest BCUT2D eigenvalue weighted by Crippen LogP contribution is 2.15. The van der Waals surface area contributed by atoms with E-state index in [2.05, 4.69) is 42.0 Å². The zero-order valence-corrected chi connectivity index (χ0v) is 14.0. The molecule has 0 aromatic heterocycles. The van der Waals surface area contributed by atoms with E-state index in [-0.39, 0.29) is 0 Å². The highest BCUT2D eigenvalue weighted by atomic mass is 31.1. The first-order valence-electron chi connectivity index (χ1n) is 8.03. The predicted octanol–water partition coefficient (Wildman–Crippen LogP) is 3.43. The molecule has 1 saturated heterocycles. The molecule has 0 saturated carbocycles. The monoisotopic (exact) mass is 292 g/mol. The zero-order valence-electron chi connectivity index (χ0n) is 13.1. The first-order valence-corrected chi connectivity index (χ1v) is 9.11. The van der Waals surface area contributed by atoms with Crippen LogP contribution in [0.2, 0.25) is 0 Å². The van der Waals surface area contributed by atoms with Crippen LogP contribution in [-0.4, -0.2) is 61.0 Å². The van der Waals surface area contributed by atoms with E-state index in [1.165, 1.54) is 78.3 Å². The summed E-state index contributed by atoms with van der Waals surface area (Å²) in [6.07, 6.45) is 13.6. The number of unbranched alkanes of at least 4 members (excludes halogenated alkanes) is 2. The summed E-state index contributed by atoms with van der Waals surface area (Å²) in [6, 6.07) is 0. The second-order valence-electron chi connectivity index (χ2n) is 6.07. The Morgan fingerprint density at radius 1 is 1.05 bits per heavy atom. The molecule has 0 unspecified atom stereocenters. The molecule has 0 amide bonds. The highest BCUT2D eigenvalue weighted by molar-refractivity contribution is 7.41. The fraction of sp³-hybridized carbons (Fsp3) is 0.706. The molecule has 0 N–H and O–H groups in total. The third kappa shape index (κ3) is 5.91. The Kier molecular flexibility index (Phi) is 6.99. The summed E-state index contributed by atoms with van der Waals surface area (Å²) in [5.41, 5.74) is 1.42. The average Bonchev–Trinajstić information content (AvgIpc) is 2.65. The maximum atomic E-state index is 2.63. The molecule has 0 atom stereocenters. The molecule has 2 rings (SSSR count). The van der Waals surface area contributed by atoms with Gasteiger partial charge < -0.3 is 9.80 Å². The molecular formula is C17H29N2P. The van der Waals surface area contributed by atoms with Crippen LogP contribution in [-0.2, 0) is 0 Å². The molecule has 0 aromatic carbocycles. The van der Waals surface area contributed by atoms with Gasteiger partial charge >= 0.3 is 0 Å². The van der Waals surface area contributed by atoms with E-state index in [0.717, 1.165) is 0 Å². The number of hydrogen-bond acceptors (Lipinski definition) is 2. The highest BCUT2D eigenvalue weighted by Gasteiger charge is 2.12. The largest absolute Gasteiger partial charge is 0.304 e. The second-order valence-corrected chi connectivity index (χ2v) is 7.32. The van der Waals surface area contributed by atoms with E-state index in [1.807, 2.05) is 0 Å². The Bertz CT molecular complexity index is 376. The molecule has 0 aliphatic carbocycles. The number of allylic oxidation sites excluding steroid dienone is 4. The molecule has 2 aliphatic heterocycles. The molecular weight excluding hydrogens is 263 g/mol. The summed E-state index contributed by atoms with van der Waals surface area (Å²) in [7, 11) is 3.74. The Morgan fingerprint density at radius 3 is 2.65 bits per heavy atom. The van der Waals surface area contributed by atoms with Crippen molar-refractivity contribution in [1.82, 2.24) is 9.80 Å². The number of rotatable bonds is 6. The van der Waals surface area contributed by atoms with E-state index >= 15 is 0 Å². The smallest absolute Gasteiger partial charge is 0.0110 e. The van der Waals surface area contributed by atoms with Crippen molar-refractivity contribution in [2.45, 2.75) is 32.6 Å². The van der Waals surface area contributed by atoms with Gasteiger partial charge in [0, 0.05) is 32.3 Å². The van der Waals surface area contributed by atoms with Crippen molar-refractivity contribution in [2.24, 2.45) is 0 Å². The van der Waals surface area contributed by atoms with Gasteiger partial charge in [-0.2, -0.15) is 0 Å². The van der Waals surface area contributed by atoms with Crippen molar-refractivity contribution < 1.29 is 0 Å². The molecule has 2 aliphatic rings. The fourth-order valence-electron chi connectivity index (χ4n) is 2.71. The lowest BCUT2D eigenvalue weighted by Gasteiger charge is -2.32. The lowest BCUT2D eigenvalue weighted by atomic mass is 10.1. The summed E-state index contributed by atoms with van der Waals surface area (Å²) in [5, 5.41) is 1.62. The standard InChI is InChI=1S/C17H29N2P/c1-16-7-8-17(20-15-9-16)6-4-3-5-10-19-13-11-18(2)12-14-19/h7-9H,3-6,10-15H2,1-2H3. The number of piperazine rings is 1. The van der Waals surface area contributed by atoms with Crippen LogP contribution < -0.4 is 0 Å². The normalized spacial score (nSPS) is 22.3. The molecule has 2 nitrogen and oxygen atoms in total. The minimum Gasteiger partial charge on any atom is -0.304 e. The fourth-order valence-corrected chi connectivity index (χ4v) is 3.82. The van der Waals surface area contributed by atoms with E-state index in [9.17, 15) is 0 Å². The molecule has 0 aromatic rings. The summed E-state index contributed by atoms with van der Waals surface area (Å²) >= 11 is 0. The summed E-state index contributed by atoms with van der Waals surface area (Å²) < 4.78 is 0. The number of likely N-dealkylation sites (N-methyl/N-ethyl adjacent to an activating group) is 1. The van der Waals surface area contributed by atoms with Crippen molar-refractivity contribution in [3.05, 3.63) is 23.8 Å². The van der Waals surface area contributed by atoms with Gasteiger partial charge in [-0.3, -0.25) is 0 Å². The predicted molar refractivity (Wildman–Crippen MR) is 92.1 cm³/mol. The topological polar surface area (TPSA) is 6.48 Å². The maximum Gasteiger partial charge on any atom is 0.0110 e. The van der Waals surface area contributed by atoms with Crippen molar-refractivity contribution in [1.29, 1.82) is 0 Å². The van der Waals surface area contributed by atoms with Gasteiger partial charge in [-0.25, -0.2) is 0 Å². The van der Waals surface area contributed by atoms with Gasteiger partial charge in [0.25, 0.3) is 0 Å². The first kappa shape index (κ1) is 15.9. The quantitative estimate of drug-likeness (QED) is 0.546. The van der Waals surface area contributed by atoms with Crippen LogP contribution in [0.3, 0.4) is 0 Å². The third-order valence-corrected chi connectivity index (χ3v) is 5.39. The van der Waals surface area contributed by atoms with E-state index in [4.69, 9.17) is 0 Å². The second kappa shape index (κ2) is 8.77. The molecule has 0 spiro atoms. The Morgan fingerprint density at radius 2 is 1.85 bits per heavy atom. The molecule has 112 valence electrons. The van der Waals surface area contributed by atoms with Gasteiger partial charge in [-0.1, -0.05) is 38.4 Å². The third-order valence-electron chi connectivity index (χ3n) is 4.25. The van der Waals surface area contributed by atoms with E-state index in [0.29, 0.717) is 0 Å². The van der Waals surface area contributed by atoms with Gasteiger partial charge in [0.1, 0.15) is 0 Å². The molecule has 2 heterocycles. The van der Waals surface area contributed by atoms with Gasteiger partial charge in [0.2, 0.25) is 0 Å². The van der Waals surface area contributed by atoms with E-state index in [1.54, 1.807) is 5.29 Å². The van der Waals surface area contributed by atoms with Crippen LogP contribution in [0.5, 0.6) is 0 Å². The lowest BCUT2D eigenvalue weighted by molar-refractivity contribution is 0.152. The lowest BCUT2D eigenvalue weighted by Crippen LogP contribution is -2.44. The number of nitrogens with zero attached hydrogens (tertiary/aromatic N) is 2. The Hall–Kier alpha value is -0.430. The van der Waals surface area contributed by atoms with Crippen molar-refractivity contribution in [3.8, 4) is 0 Å². The van der Waals surface area contributed by atoms with Crippen molar-refractivity contribution in [2.75, 3.05) is 45.9 Å². The minimum absolute atomic E-state index is 1.20. The van der Waals surface area contributed by atoms with Crippen LogP contribution in [0.15, 0.2) is 23.8 Å².